The van der Waals surface area contributed by atoms with Gasteiger partial charge in [-0.15, -0.1) is 0 Å². The monoisotopic (exact) mass is 322 g/mol. The van der Waals surface area contributed by atoms with Gasteiger partial charge in [0.15, 0.2) is 5.11 Å². The highest BCUT2D eigenvalue weighted by molar-refractivity contribution is 7.80. The van der Waals surface area contributed by atoms with Crippen LogP contribution < -0.4 is 10.6 Å². The van der Waals surface area contributed by atoms with E-state index < -0.39 is 0 Å². The Labute approximate surface area is 135 Å². The summed E-state index contributed by atoms with van der Waals surface area (Å²) in [7, 11) is 0. The summed E-state index contributed by atoms with van der Waals surface area (Å²) in [6, 6.07) is 6.29. The second kappa shape index (κ2) is 7.43. The van der Waals surface area contributed by atoms with Gasteiger partial charge in [0.2, 0.25) is 0 Å². The van der Waals surface area contributed by atoms with Crippen molar-refractivity contribution in [1.29, 1.82) is 0 Å². The number of nitrogens with one attached hydrogen (secondary N) is 2. The Hall–Kier alpha value is -1.59. The van der Waals surface area contributed by atoms with Crippen molar-refractivity contribution >= 4 is 34.6 Å². The third-order valence-electron chi connectivity index (χ3n) is 2.93. The van der Waals surface area contributed by atoms with Crippen molar-refractivity contribution in [3.05, 3.63) is 46.7 Å². The van der Waals surface area contributed by atoms with Gasteiger partial charge < -0.3 is 10.6 Å². The first kappa shape index (κ1) is 15.8. The molecule has 112 valence electrons. The van der Waals surface area contributed by atoms with E-state index in [0.717, 1.165) is 25.2 Å². The number of thiocarbonyl (C=S) groups is 1. The van der Waals surface area contributed by atoms with Crippen LogP contribution in [0.5, 0.6) is 0 Å². The van der Waals surface area contributed by atoms with E-state index in [9.17, 15) is 0 Å². The first-order valence-electron chi connectivity index (χ1n) is 6.84. The molecule has 0 aliphatic heterocycles. The van der Waals surface area contributed by atoms with Gasteiger partial charge in [-0.2, -0.15) is 5.10 Å². The van der Waals surface area contributed by atoms with Gasteiger partial charge in [-0.3, -0.25) is 4.68 Å². The molecule has 0 amide bonds. The van der Waals surface area contributed by atoms with Crippen LogP contribution >= 0.6 is 23.8 Å². The van der Waals surface area contributed by atoms with Crippen LogP contribution in [0.4, 0.5) is 5.69 Å². The normalized spacial score (nSPS) is 10.4. The summed E-state index contributed by atoms with van der Waals surface area (Å²) < 4.78 is 1.82. The largest absolute Gasteiger partial charge is 0.362 e. The lowest BCUT2D eigenvalue weighted by atomic mass is 10.1. The molecule has 0 radical (unpaired) electrons. The van der Waals surface area contributed by atoms with Crippen molar-refractivity contribution in [1.82, 2.24) is 15.1 Å². The minimum absolute atomic E-state index is 0.637. The van der Waals surface area contributed by atoms with Gasteiger partial charge in [-0.25, -0.2) is 0 Å². The molecule has 0 aliphatic rings. The summed E-state index contributed by atoms with van der Waals surface area (Å²) in [5.74, 6) is 0. The summed E-state index contributed by atoms with van der Waals surface area (Å²) in [6.07, 6.45) is 4.38. The van der Waals surface area contributed by atoms with Crippen molar-refractivity contribution in [2.24, 2.45) is 0 Å². The highest BCUT2D eigenvalue weighted by Crippen LogP contribution is 2.13. The van der Waals surface area contributed by atoms with Crippen molar-refractivity contribution in [3.63, 3.8) is 0 Å². The smallest absolute Gasteiger partial charge is 0.170 e. The van der Waals surface area contributed by atoms with E-state index >= 15 is 0 Å². The average Bonchev–Trinajstić information content (AvgIpc) is 2.79. The molecule has 1 heterocycles. The molecular weight excluding hydrogens is 304 g/mol. The van der Waals surface area contributed by atoms with E-state index in [1.165, 1.54) is 11.1 Å². The zero-order valence-corrected chi connectivity index (χ0v) is 13.8. The molecule has 2 rings (SSSR count). The molecule has 0 saturated heterocycles. The number of halogens is 1. The predicted molar refractivity (Wildman–Crippen MR) is 92.0 cm³/mol. The highest BCUT2D eigenvalue weighted by atomic mass is 35.5. The summed E-state index contributed by atoms with van der Waals surface area (Å²) in [5.41, 5.74) is 3.45. The number of hydrogen-bond donors (Lipinski definition) is 2. The van der Waals surface area contributed by atoms with Gasteiger partial charge in [0.1, 0.15) is 0 Å². The summed E-state index contributed by atoms with van der Waals surface area (Å²) in [6.45, 7) is 5.74. The quantitative estimate of drug-likeness (QED) is 0.653. The number of benzene rings is 1. The van der Waals surface area contributed by atoms with Gasteiger partial charge in [0.25, 0.3) is 0 Å². The molecule has 1 aromatic heterocycles. The topological polar surface area (TPSA) is 41.9 Å². The fourth-order valence-corrected chi connectivity index (χ4v) is 2.50. The summed E-state index contributed by atoms with van der Waals surface area (Å²) in [4.78, 5) is 0. The van der Waals surface area contributed by atoms with Crippen LogP contribution in [-0.4, -0.2) is 21.4 Å². The molecule has 21 heavy (non-hydrogen) atoms. The Balaban J connectivity index is 1.72. The molecule has 6 heteroatoms. The molecule has 1 aromatic carbocycles. The number of rotatable bonds is 5. The molecule has 0 aliphatic carbocycles. The number of nitrogens with zero attached hydrogens (tertiary/aromatic N) is 2. The van der Waals surface area contributed by atoms with Crippen molar-refractivity contribution in [2.45, 2.75) is 26.8 Å². The Bertz CT molecular complexity index is 604. The Morgan fingerprint density at radius 1 is 1.29 bits per heavy atom. The van der Waals surface area contributed by atoms with Gasteiger partial charge in [-0.1, -0.05) is 17.7 Å². The summed E-state index contributed by atoms with van der Waals surface area (Å²) in [5, 5.41) is 11.8. The van der Waals surface area contributed by atoms with E-state index in [0.29, 0.717) is 10.1 Å². The number of hydrogen-bond acceptors (Lipinski definition) is 2. The Morgan fingerprint density at radius 2 is 2.00 bits per heavy atom. The molecule has 0 saturated carbocycles. The van der Waals surface area contributed by atoms with E-state index in [4.69, 9.17) is 23.8 Å². The maximum Gasteiger partial charge on any atom is 0.170 e. The van der Waals surface area contributed by atoms with Crippen LogP contribution in [0.3, 0.4) is 0 Å². The van der Waals surface area contributed by atoms with Crippen LogP contribution in [0.2, 0.25) is 5.02 Å². The van der Waals surface area contributed by atoms with Crippen molar-refractivity contribution in [3.8, 4) is 0 Å². The zero-order chi connectivity index (χ0) is 15.2. The third kappa shape index (κ3) is 5.36. The fourth-order valence-electron chi connectivity index (χ4n) is 2.13. The number of anilines is 1. The second-order valence-electron chi connectivity index (χ2n) is 5.03. The minimum atomic E-state index is 0.637. The minimum Gasteiger partial charge on any atom is -0.362 e. The van der Waals surface area contributed by atoms with E-state index in [-0.39, 0.29) is 0 Å². The molecule has 0 atom stereocenters. The van der Waals surface area contributed by atoms with Crippen LogP contribution in [0.25, 0.3) is 0 Å². The Morgan fingerprint density at radius 3 is 2.62 bits per heavy atom. The zero-order valence-electron chi connectivity index (χ0n) is 12.2. The van der Waals surface area contributed by atoms with Crippen LogP contribution in [0, 0.1) is 13.8 Å². The van der Waals surface area contributed by atoms with E-state index in [2.05, 4.69) is 47.8 Å². The first-order valence-corrected chi connectivity index (χ1v) is 7.62. The second-order valence-corrected chi connectivity index (χ2v) is 5.88. The molecule has 4 nitrogen and oxygen atoms in total. The molecule has 0 spiro atoms. The molecule has 2 N–H and O–H groups in total. The first-order chi connectivity index (χ1) is 10.0. The van der Waals surface area contributed by atoms with Crippen LogP contribution in [0.15, 0.2) is 30.6 Å². The lowest BCUT2D eigenvalue weighted by Gasteiger charge is -2.11. The van der Waals surface area contributed by atoms with Crippen molar-refractivity contribution < 1.29 is 0 Å². The third-order valence-corrected chi connectivity index (χ3v) is 3.37. The maximum absolute atomic E-state index is 5.81. The molecule has 0 unspecified atom stereocenters. The lowest BCUT2D eigenvalue weighted by Crippen LogP contribution is -2.29. The lowest BCUT2D eigenvalue weighted by molar-refractivity contribution is 0.574. The van der Waals surface area contributed by atoms with Gasteiger partial charge in [0.05, 0.1) is 11.2 Å². The SMILES string of the molecule is Cc1cc(C)cc(NC(=S)NCCCn2cc(Cl)cn2)c1. The number of aromatic nitrogens is 2. The Kier molecular flexibility index (Phi) is 5.59. The van der Waals surface area contributed by atoms with Crippen LogP contribution in [-0.2, 0) is 6.54 Å². The van der Waals surface area contributed by atoms with Gasteiger partial charge in [-0.05, 0) is 55.7 Å². The average molecular weight is 323 g/mol. The van der Waals surface area contributed by atoms with E-state index in [1.807, 2.05) is 10.9 Å². The predicted octanol–water partition coefficient (Wildman–Crippen LogP) is 3.53. The standard InChI is InChI=1S/C15H19ClN4S/c1-11-6-12(2)8-14(7-11)19-15(21)17-4-3-5-20-10-13(16)9-18-20/h6-10H,3-5H2,1-2H3,(H2,17,19,21). The van der Waals surface area contributed by atoms with Gasteiger partial charge >= 0.3 is 0 Å². The summed E-state index contributed by atoms with van der Waals surface area (Å²) >= 11 is 11.1. The molecular formula is C15H19ClN4S. The number of aryl methyl sites for hydroxylation is 3. The van der Waals surface area contributed by atoms with Gasteiger partial charge in [0, 0.05) is 25.0 Å². The molecule has 0 bridgehead atoms. The highest BCUT2D eigenvalue weighted by Gasteiger charge is 2.00. The fraction of sp³-hybridized carbons (Fsp3) is 0.333. The molecule has 2 aromatic rings. The van der Waals surface area contributed by atoms with Crippen molar-refractivity contribution in [2.75, 3.05) is 11.9 Å². The molecule has 0 fully saturated rings. The van der Waals surface area contributed by atoms with E-state index in [1.54, 1.807) is 6.20 Å². The maximum atomic E-state index is 5.81. The van der Waals surface area contributed by atoms with Crippen LogP contribution in [0.1, 0.15) is 17.5 Å².